The third-order valence-corrected chi connectivity index (χ3v) is 5.88. The largest absolute Gasteiger partial charge is 0.476 e. The van der Waals surface area contributed by atoms with E-state index in [0.717, 1.165) is 17.7 Å². The predicted molar refractivity (Wildman–Crippen MR) is 114 cm³/mol. The molecule has 3 heterocycles. The Morgan fingerprint density at radius 1 is 1.12 bits per heavy atom. The van der Waals surface area contributed by atoms with E-state index in [-0.39, 0.29) is 11.8 Å². The quantitative estimate of drug-likeness (QED) is 0.593. The number of halogens is 4. The lowest BCUT2D eigenvalue weighted by Gasteiger charge is -2.42. The van der Waals surface area contributed by atoms with E-state index in [4.69, 9.17) is 9.47 Å². The molecule has 1 atom stereocenters. The Hall–Kier alpha value is -2.79. The Morgan fingerprint density at radius 3 is 2.26 bits per heavy atom. The standard InChI is InChI=1S/C22H28F4N4O4/c1-20(2,3)16(18(31)30-11-22(25,26)12-30)28-19(32)34-15-7-6-14(29-9-21(23,24)10-29)17(27-15)33-8-13-4-5-13/h6-7,13,16H,4-5,8-12H2,1-3H3,(H,28,32)/t16-/m1/s1. The molecule has 1 aromatic heterocycles. The minimum atomic E-state index is -2.93. The van der Waals surface area contributed by atoms with Gasteiger partial charge in [-0.2, -0.15) is 4.98 Å². The summed E-state index contributed by atoms with van der Waals surface area (Å²) in [6, 6.07) is 1.73. The normalized spacial score (nSPS) is 21.7. The molecular weight excluding hydrogens is 460 g/mol. The van der Waals surface area contributed by atoms with Gasteiger partial charge in [-0.05, 0) is 30.2 Å². The van der Waals surface area contributed by atoms with Gasteiger partial charge in [0.05, 0.1) is 32.8 Å². The minimum Gasteiger partial charge on any atom is -0.476 e. The number of anilines is 1. The highest BCUT2D eigenvalue weighted by Gasteiger charge is 2.49. The Morgan fingerprint density at radius 2 is 1.74 bits per heavy atom. The Bertz CT molecular complexity index is 949. The SMILES string of the molecule is CC(C)(C)[C@H](NC(=O)Oc1ccc(N2CC(F)(F)C2)c(OCC2CC2)n1)C(=O)N1CC(F)(F)C1. The number of carbonyl (C=O) groups excluding carboxylic acids is 2. The molecule has 2 amide bonds. The van der Waals surface area contributed by atoms with Crippen LogP contribution in [0.2, 0.25) is 0 Å². The zero-order valence-electron chi connectivity index (χ0n) is 19.2. The van der Waals surface area contributed by atoms with Crippen molar-refractivity contribution in [1.82, 2.24) is 15.2 Å². The number of pyridine rings is 1. The van der Waals surface area contributed by atoms with Gasteiger partial charge in [-0.3, -0.25) is 4.79 Å². The lowest BCUT2D eigenvalue weighted by atomic mass is 9.85. The molecule has 0 spiro atoms. The van der Waals surface area contributed by atoms with Gasteiger partial charge in [-0.25, -0.2) is 22.4 Å². The molecule has 4 rings (SSSR count). The van der Waals surface area contributed by atoms with Crippen molar-refractivity contribution < 1.29 is 36.6 Å². The Labute approximate surface area is 194 Å². The summed E-state index contributed by atoms with van der Waals surface area (Å²) >= 11 is 0. The van der Waals surface area contributed by atoms with Crippen molar-refractivity contribution >= 4 is 17.7 Å². The number of hydrogen-bond acceptors (Lipinski definition) is 6. The highest BCUT2D eigenvalue weighted by molar-refractivity contribution is 5.87. The van der Waals surface area contributed by atoms with Crippen LogP contribution in [0.1, 0.15) is 33.6 Å². The maximum absolute atomic E-state index is 13.3. The van der Waals surface area contributed by atoms with Gasteiger partial charge in [0, 0.05) is 6.07 Å². The number of amides is 2. The molecule has 188 valence electrons. The van der Waals surface area contributed by atoms with Crippen LogP contribution >= 0.6 is 0 Å². The van der Waals surface area contributed by atoms with Crippen molar-refractivity contribution in [2.75, 3.05) is 37.7 Å². The molecule has 0 radical (unpaired) electrons. The third kappa shape index (κ3) is 5.64. The molecule has 3 fully saturated rings. The van der Waals surface area contributed by atoms with Gasteiger partial charge in [-0.15, -0.1) is 0 Å². The number of ether oxygens (including phenoxy) is 2. The Kier molecular flexibility index (Phi) is 6.05. The van der Waals surface area contributed by atoms with Crippen LogP contribution in [-0.4, -0.2) is 72.6 Å². The number of nitrogens with zero attached hydrogens (tertiary/aromatic N) is 3. The van der Waals surface area contributed by atoms with E-state index in [9.17, 15) is 27.2 Å². The number of aromatic nitrogens is 1. The third-order valence-electron chi connectivity index (χ3n) is 5.88. The first-order valence-corrected chi connectivity index (χ1v) is 11.1. The van der Waals surface area contributed by atoms with Crippen LogP contribution in [0.15, 0.2) is 12.1 Å². The second-order valence-corrected chi connectivity index (χ2v) is 10.3. The highest BCUT2D eigenvalue weighted by Crippen LogP contribution is 2.39. The average Bonchev–Trinajstić information content (AvgIpc) is 3.50. The molecule has 3 aliphatic rings. The van der Waals surface area contributed by atoms with Crippen LogP contribution in [0.25, 0.3) is 0 Å². The fourth-order valence-corrected chi connectivity index (χ4v) is 3.73. The molecule has 12 heteroatoms. The van der Waals surface area contributed by atoms with Crippen LogP contribution in [0.4, 0.5) is 28.0 Å². The fraction of sp³-hybridized carbons (Fsp3) is 0.682. The molecule has 1 aromatic rings. The number of carbonyl (C=O) groups is 2. The van der Waals surface area contributed by atoms with E-state index in [1.54, 1.807) is 20.8 Å². The number of rotatable bonds is 7. The predicted octanol–water partition coefficient (Wildman–Crippen LogP) is 3.31. The number of hydrogen-bond donors (Lipinski definition) is 1. The fourth-order valence-electron chi connectivity index (χ4n) is 3.73. The maximum Gasteiger partial charge on any atom is 0.414 e. The second-order valence-electron chi connectivity index (χ2n) is 10.3. The molecule has 8 nitrogen and oxygen atoms in total. The average molecular weight is 488 g/mol. The van der Waals surface area contributed by atoms with Crippen molar-refractivity contribution in [3.05, 3.63) is 12.1 Å². The van der Waals surface area contributed by atoms with Crippen LogP contribution in [0, 0.1) is 11.3 Å². The number of likely N-dealkylation sites (tertiary alicyclic amines) is 1. The van der Waals surface area contributed by atoms with Gasteiger partial charge in [-0.1, -0.05) is 20.8 Å². The molecule has 1 aliphatic carbocycles. The topological polar surface area (TPSA) is 84.0 Å². The van der Waals surface area contributed by atoms with E-state index in [1.807, 2.05) is 0 Å². The summed E-state index contributed by atoms with van der Waals surface area (Å²) in [7, 11) is 0. The van der Waals surface area contributed by atoms with E-state index in [0.29, 0.717) is 18.2 Å². The van der Waals surface area contributed by atoms with Gasteiger partial charge in [0.15, 0.2) is 0 Å². The lowest BCUT2D eigenvalue weighted by molar-refractivity contribution is -0.169. The lowest BCUT2D eigenvalue weighted by Crippen LogP contribution is -2.65. The first-order chi connectivity index (χ1) is 15.7. The first kappa shape index (κ1) is 24.3. The Balaban J connectivity index is 1.43. The summed E-state index contributed by atoms with van der Waals surface area (Å²) in [4.78, 5) is 31.8. The molecule has 1 saturated carbocycles. The highest BCUT2D eigenvalue weighted by atomic mass is 19.3. The van der Waals surface area contributed by atoms with Gasteiger partial charge in [0.25, 0.3) is 11.8 Å². The van der Waals surface area contributed by atoms with Gasteiger partial charge in [0.1, 0.15) is 11.7 Å². The van der Waals surface area contributed by atoms with Crippen LogP contribution in [0.5, 0.6) is 11.8 Å². The van der Waals surface area contributed by atoms with Gasteiger partial charge in [0.2, 0.25) is 17.7 Å². The summed E-state index contributed by atoms with van der Waals surface area (Å²) in [5.41, 5.74) is -0.403. The molecule has 2 saturated heterocycles. The van der Waals surface area contributed by atoms with Crippen molar-refractivity contribution in [1.29, 1.82) is 0 Å². The van der Waals surface area contributed by atoms with Crippen LogP contribution < -0.4 is 19.7 Å². The second kappa shape index (κ2) is 8.46. The molecular formula is C22H28F4N4O4. The monoisotopic (exact) mass is 488 g/mol. The zero-order valence-corrected chi connectivity index (χ0v) is 19.2. The number of alkyl halides is 4. The molecule has 2 aliphatic heterocycles. The van der Waals surface area contributed by atoms with E-state index in [2.05, 4.69) is 10.3 Å². The van der Waals surface area contributed by atoms with Gasteiger partial charge < -0.3 is 24.6 Å². The summed E-state index contributed by atoms with van der Waals surface area (Å²) in [6.45, 7) is 3.13. The maximum atomic E-state index is 13.3. The molecule has 0 aromatic carbocycles. The first-order valence-electron chi connectivity index (χ1n) is 11.1. The van der Waals surface area contributed by atoms with E-state index >= 15 is 0 Å². The van der Waals surface area contributed by atoms with Crippen LogP contribution in [-0.2, 0) is 4.79 Å². The van der Waals surface area contributed by atoms with Crippen molar-refractivity contribution in [3.63, 3.8) is 0 Å². The summed E-state index contributed by atoms with van der Waals surface area (Å²) in [6.07, 6.45) is 1.03. The molecule has 0 bridgehead atoms. The summed E-state index contributed by atoms with van der Waals surface area (Å²) in [5, 5.41) is 2.44. The van der Waals surface area contributed by atoms with Crippen molar-refractivity contribution in [3.8, 4) is 11.8 Å². The smallest absolute Gasteiger partial charge is 0.414 e. The van der Waals surface area contributed by atoms with E-state index < -0.39 is 61.5 Å². The zero-order chi connectivity index (χ0) is 24.9. The van der Waals surface area contributed by atoms with E-state index in [1.165, 1.54) is 17.0 Å². The molecule has 1 N–H and O–H groups in total. The minimum absolute atomic E-state index is 0.0824. The molecule has 34 heavy (non-hydrogen) atoms. The van der Waals surface area contributed by atoms with Gasteiger partial charge >= 0.3 is 6.09 Å². The summed E-state index contributed by atoms with van der Waals surface area (Å²) in [5.74, 6) is -6.02. The van der Waals surface area contributed by atoms with Crippen molar-refractivity contribution in [2.24, 2.45) is 11.3 Å². The van der Waals surface area contributed by atoms with Crippen molar-refractivity contribution in [2.45, 2.75) is 51.5 Å². The summed E-state index contributed by atoms with van der Waals surface area (Å²) < 4.78 is 64.0. The number of nitrogens with one attached hydrogen (secondary N) is 1. The van der Waals surface area contributed by atoms with Crippen LogP contribution in [0.3, 0.4) is 0 Å². The molecule has 0 unspecified atom stereocenters.